The highest BCUT2D eigenvalue weighted by Crippen LogP contribution is 2.10. The summed E-state index contributed by atoms with van der Waals surface area (Å²) in [5, 5.41) is 10.2. The van der Waals surface area contributed by atoms with Gasteiger partial charge in [-0.25, -0.2) is 0 Å². The van der Waals surface area contributed by atoms with Gasteiger partial charge in [0.15, 0.2) is 0 Å². The molecule has 1 unspecified atom stereocenters. The van der Waals surface area contributed by atoms with Gasteiger partial charge >= 0.3 is 0 Å². The quantitative estimate of drug-likeness (QED) is 0.513. The average Bonchev–Trinajstić information content (AvgIpc) is 1.64. The summed E-state index contributed by atoms with van der Waals surface area (Å²) in [6.07, 6.45) is 0.567. The first kappa shape index (κ1) is 8.21. The molecule has 52 valence electrons. The molecule has 0 aromatic rings. The van der Waals surface area contributed by atoms with Gasteiger partial charge in [-0.2, -0.15) is 0 Å². The molecule has 2 nitrogen and oxygen atoms in total. The Balaban J connectivity index is 3.99. The van der Waals surface area contributed by atoms with Crippen LogP contribution in [0.15, 0.2) is 12.2 Å². The van der Waals surface area contributed by atoms with E-state index in [2.05, 4.69) is 6.58 Å². The Morgan fingerprint density at radius 3 is 2.22 bits per heavy atom. The van der Waals surface area contributed by atoms with Gasteiger partial charge in [-0.05, 0) is 13.3 Å². The fourth-order valence-electron chi connectivity index (χ4n) is 0.716. The molecule has 0 amide bonds. The molecule has 0 saturated carbocycles. The van der Waals surface area contributed by atoms with E-state index in [0.29, 0.717) is 12.0 Å². The molecule has 0 rings (SSSR count). The van der Waals surface area contributed by atoms with Crippen LogP contribution in [0.3, 0.4) is 0 Å². The van der Waals surface area contributed by atoms with Crippen LogP contribution in [0.4, 0.5) is 0 Å². The van der Waals surface area contributed by atoms with Crippen LogP contribution in [0.5, 0.6) is 0 Å². The lowest BCUT2D eigenvalue weighted by Gasteiger charge is -2.14. The number of aliphatic carboxylic acids is 1. The number of carboxylic acid groups (broad SMARTS) is 1. The van der Waals surface area contributed by atoms with Crippen molar-refractivity contribution < 1.29 is 9.90 Å². The maximum atomic E-state index is 10.2. The Bertz CT molecular complexity index is 113. The van der Waals surface area contributed by atoms with Crippen molar-refractivity contribution in [2.45, 2.75) is 20.3 Å². The topological polar surface area (TPSA) is 40.1 Å². The molecule has 0 bridgehead atoms. The third-order valence-corrected chi connectivity index (χ3v) is 1.29. The lowest BCUT2D eigenvalue weighted by atomic mass is 10.00. The normalized spacial score (nSPS) is 12.7. The monoisotopic (exact) mass is 127 g/mol. The second kappa shape index (κ2) is 3.28. The Morgan fingerprint density at radius 2 is 2.22 bits per heavy atom. The Morgan fingerprint density at radius 1 is 1.78 bits per heavy atom. The molecule has 1 atom stereocenters. The molecule has 0 saturated heterocycles. The number of carbonyl (C=O) groups excluding carboxylic acids is 1. The van der Waals surface area contributed by atoms with E-state index in [-0.39, 0.29) is 0 Å². The molecule has 0 spiro atoms. The minimum absolute atomic E-state index is 0.468. The minimum Gasteiger partial charge on any atom is -0.550 e. The number of carboxylic acids is 1. The van der Waals surface area contributed by atoms with Gasteiger partial charge < -0.3 is 9.90 Å². The SMILES string of the molecule is C=C(C)C(CC)C(=O)[O-]. The summed E-state index contributed by atoms with van der Waals surface area (Å²) in [6.45, 7) is 7.03. The molecule has 9 heavy (non-hydrogen) atoms. The van der Waals surface area contributed by atoms with E-state index in [1.807, 2.05) is 0 Å². The summed E-state index contributed by atoms with van der Waals surface area (Å²) in [4.78, 5) is 10.2. The standard InChI is InChI=1S/C7H12O2/c1-4-6(5(2)3)7(8)9/h6H,2,4H2,1,3H3,(H,8,9)/p-1. The van der Waals surface area contributed by atoms with Crippen LogP contribution in [0.1, 0.15) is 20.3 Å². The third kappa shape index (κ3) is 2.31. The van der Waals surface area contributed by atoms with Crippen LogP contribution in [0.25, 0.3) is 0 Å². The summed E-state index contributed by atoms with van der Waals surface area (Å²) in [5.74, 6) is -1.49. The molecule has 0 aromatic carbocycles. The van der Waals surface area contributed by atoms with Crippen LogP contribution < -0.4 is 5.11 Å². The zero-order valence-electron chi connectivity index (χ0n) is 5.81. The molecule has 0 heterocycles. The zero-order chi connectivity index (χ0) is 7.44. The van der Waals surface area contributed by atoms with Crippen LogP contribution in [0.2, 0.25) is 0 Å². The fourth-order valence-corrected chi connectivity index (χ4v) is 0.716. The molecule has 0 N–H and O–H groups in total. The van der Waals surface area contributed by atoms with Crippen LogP contribution in [0, 0.1) is 5.92 Å². The van der Waals surface area contributed by atoms with Gasteiger partial charge in [0, 0.05) is 11.9 Å². The first-order chi connectivity index (χ1) is 4.09. The summed E-state index contributed by atoms with van der Waals surface area (Å²) < 4.78 is 0. The van der Waals surface area contributed by atoms with E-state index in [9.17, 15) is 9.90 Å². The van der Waals surface area contributed by atoms with Crippen molar-refractivity contribution in [3.8, 4) is 0 Å². The van der Waals surface area contributed by atoms with E-state index in [1.54, 1.807) is 13.8 Å². The highest BCUT2D eigenvalue weighted by molar-refractivity contribution is 5.70. The summed E-state index contributed by atoms with van der Waals surface area (Å²) in [5.41, 5.74) is 0.664. The van der Waals surface area contributed by atoms with Gasteiger partial charge in [-0.15, -0.1) is 0 Å². The van der Waals surface area contributed by atoms with Crippen molar-refractivity contribution in [2.24, 2.45) is 5.92 Å². The molecule has 0 aliphatic carbocycles. The first-order valence-electron chi connectivity index (χ1n) is 2.95. The van der Waals surface area contributed by atoms with Gasteiger partial charge in [-0.1, -0.05) is 19.1 Å². The molecule has 0 radical (unpaired) electrons. The number of rotatable bonds is 3. The predicted octanol–water partition coefficient (Wildman–Crippen LogP) is 0.339. The van der Waals surface area contributed by atoms with Crippen LogP contribution in [-0.2, 0) is 4.79 Å². The van der Waals surface area contributed by atoms with Crippen molar-refractivity contribution >= 4 is 5.97 Å². The average molecular weight is 127 g/mol. The molecular formula is C7H11O2-. The summed E-state index contributed by atoms with van der Waals surface area (Å²) in [6, 6.07) is 0. The molecule has 2 heteroatoms. The van der Waals surface area contributed by atoms with E-state index in [0.717, 1.165) is 0 Å². The second-order valence-electron chi connectivity index (χ2n) is 2.13. The van der Waals surface area contributed by atoms with E-state index in [4.69, 9.17) is 0 Å². The van der Waals surface area contributed by atoms with Gasteiger partial charge in [-0.3, -0.25) is 0 Å². The summed E-state index contributed by atoms with van der Waals surface area (Å²) in [7, 11) is 0. The van der Waals surface area contributed by atoms with Crippen molar-refractivity contribution in [1.82, 2.24) is 0 Å². The molecule has 0 aromatic heterocycles. The third-order valence-electron chi connectivity index (χ3n) is 1.29. The van der Waals surface area contributed by atoms with Gasteiger partial charge in [0.05, 0.1) is 0 Å². The Hall–Kier alpha value is -0.790. The molecule has 0 aliphatic heterocycles. The Labute approximate surface area is 55.2 Å². The molecule has 0 aliphatic rings. The van der Waals surface area contributed by atoms with Gasteiger partial charge in [0.1, 0.15) is 0 Å². The first-order valence-corrected chi connectivity index (χ1v) is 2.95. The highest BCUT2D eigenvalue weighted by atomic mass is 16.4. The highest BCUT2D eigenvalue weighted by Gasteiger charge is 2.05. The second-order valence-corrected chi connectivity index (χ2v) is 2.13. The van der Waals surface area contributed by atoms with E-state index >= 15 is 0 Å². The smallest absolute Gasteiger partial charge is 0.0485 e. The number of hydrogen-bond donors (Lipinski definition) is 0. The van der Waals surface area contributed by atoms with Crippen LogP contribution >= 0.6 is 0 Å². The minimum atomic E-state index is -1.02. The van der Waals surface area contributed by atoms with E-state index < -0.39 is 11.9 Å². The fraction of sp³-hybridized carbons (Fsp3) is 0.571. The van der Waals surface area contributed by atoms with Gasteiger partial charge in [0.2, 0.25) is 0 Å². The largest absolute Gasteiger partial charge is 0.550 e. The zero-order valence-corrected chi connectivity index (χ0v) is 5.81. The lowest BCUT2D eigenvalue weighted by Crippen LogP contribution is -2.31. The van der Waals surface area contributed by atoms with Crippen molar-refractivity contribution in [1.29, 1.82) is 0 Å². The van der Waals surface area contributed by atoms with Crippen molar-refractivity contribution in [2.75, 3.05) is 0 Å². The Kier molecular flexibility index (Phi) is 2.99. The maximum absolute atomic E-state index is 10.2. The van der Waals surface area contributed by atoms with Crippen LogP contribution in [-0.4, -0.2) is 5.97 Å². The van der Waals surface area contributed by atoms with Crippen molar-refractivity contribution in [3.05, 3.63) is 12.2 Å². The maximum Gasteiger partial charge on any atom is 0.0485 e. The summed E-state index contributed by atoms with van der Waals surface area (Å²) >= 11 is 0. The number of carbonyl (C=O) groups is 1. The lowest BCUT2D eigenvalue weighted by molar-refractivity contribution is -0.310. The predicted molar refractivity (Wildman–Crippen MR) is 33.6 cm³/mol. The van der Waals surface area contributed by atoms with Crippen molar-refractivity contribution in [3.63, 3.8) is 0 Å². The van der Waals surface area contributed by atoms with Gasteiger partial charge in [0.25, 0.3) is 0 Å². The number of hydrogen-bond acceptors (Lipinski definition) is 2. The molecular weight excluding hydrogens is 116 g/mol. The van der Waals surface area contributed by atoms with E-state index in [1.165, 1.54) is 0 Å². The molecule has 0 fully saturated rings.